The molecule has 3 rings (SSSR count). The maximum Gasteiger partial charge on any atom is 0.119 e. The fourth-order valence-electron chi connectivity index (χ4n) is 5.67. The fourth-order valence-corrected chi connectivity index (χ4v) is 5.67. The molecule has 2 aromatic rings. The van der Waals surface area contributed by atoms with E-state index < -0.39 is 0 Å². The molecule has 1 fully saturated rings. The van der Waals surface area contributed by atoms with Crippen LogP contribution < -0.4 is 4.74 Å². The van der Waals surface area contributed by atoms with Crippen molar-refractivity contribution in [3.05, 3.63) is 60.3 Å². The molecule has 0 N–H and O–H groups in total. The number of aryl methyl sites for hydroxylation is 1. The smallest absolute Gasteiger partial charge is 0.119 e. The number of unbranched alkanes of at least 4 members (excludes halogenated alkanes) is 9. The van der Waals surface area contributed by atoms with Gasteiger partial charge in [-0.15, -0.1) is 0 Å². The highest BCUT2D eigenvalue weighted by Gasteiger charge is 2.18. The predicted molar refractivity (Wildman–Crippen MR) is 160 cm³/mol. The van der Waals surface area contributed by atoms with Crippen LogP contribution in [0.1, 0.15) is 122 Å². The Labute approximate surface area is 228 Å². The molecular formula is C35H53NO. The normalized spacial score (nSPS) is 17.9. The Bertz CT molecular complexity index is 846. The van der Waals surface area contributed by atoms with Crippen molar-refractivity contribution in [1.29, 1.82) is 0 Å². The quantitative estimate of drug-likeness (QED) is 0.149. The van der Waals surface area contributed by atoms with Crippen LogP contribution in [0.3, 0.4) is 0 Å². The van der Waals surface area contributed by atoms with Crippen LogP contribution in [0.25, 0.3) is 11.3 Å². The van der Waals surface area contributed by atoms with Crippen LogP contribution in [0.4, 0.5) is 0 Å². The van der Waals surface area contributed by atoms with Gasteiger partial charge < -0.3 is 4.74 Å². The Balaban J connectivity index is 1.30. The summed E-state index contributed by atoms with van der Waals surface area (Å²) in [4.78, 5) is 4.73. The molecule has 0 saturated heterocycles. The maximum absolute atomic E-state index is 5.98. The highest BCUT2D eigenvalue weighted by molar-refractivity contribution is 5.60. The van der Waals surface area contributed by atoms with Gasteiger partial charge in [0.05, 0.1) is 5.69 Å². The van der Waals surface area contributed by atoms with Crippen molar-refractivity contribution in [2.24, 2.45) is 11.8 Å². The zero-order chi connectivity index (χ0) is 26.0. The Hall–Kier alpha value is -2.09. The molecule has 1 aromatic heterocycles. The first kappa shape index (κ1) is 29.5. The van der Waals surface area contributed by atoms with Gasteiger partial charge in [-0.1, -0.05) is 103 Å². The molecule has 0 atom stereocenters. The number of rotatable bonds is 18. The Morgan fingerprint density at radius 3 is 2.11 bits per heavy atom. The van der Waals surface area contributed by atoms with Crippen LogP contribution in [0, 0.1) is 11.8 Å². The van der Waals surface area contributed by atoms with Crippen LogP contribution >= 0.6 is 0 Å². The zero-order valence-electron chi connectivity index (χ0n) is 23.9. The third-order valence-corrected chi connectivity index (χ3v) is 8.16. The monoisotopic (exact) mass is 503 g/mol. The summed E-state index contributed by atoms with van der Waals surface area (Å²) in [5, 5.41) is 0. The van der Waals surface area contributed by atoms with E-state index in [1.165, 1.54) is 108 Å². The number of aromatic nitrogens is 1. The molecule has 1 saturated carbocycles. The summed E-state index contributed by atoms with van der Waals surface area (Å²) in [7, 11) is 0. The van der Waals surface area contributed by atoms with Crippen molar-refractivity contribution >= 4 is 0 Å². The molecule has 0 unspecified atom stereocenters. The molecule has 1 aliphatic rings. The molecule has 0 bridgehead atoms. The van der Waals surface area contributed by atoms with Crippen molar-refractivity contribution in [2.75, 3.05) is 6.61 Å². The van der Waals surface area contributed by atoms with E-state index in [9.17, 15) is 0 Å². The number of pyridine rings is 1. The number of hydrogen-bond donors (Lipinski definition) is 0. The number of ether oxygens (including phenoxy) is 1. The van der Waals surface area contributed by atoms with E-state index in [-0.39, 0.29) is 0 Å². The second-order valence-corrected chi connectivity index (χ2v) is 11.3. The summed E-state index contributed by atoms with van der Waals surface area (Å²) in [5.74, 6) is 2.66. The van der Waals surface area contributed by atoms with E-state index in [2.05, 4.69) is 68.6 Å². The average Bonchev–Trinajstić information content (AvgIpc) is 2.94. The second-order valence-electron chi connectivity index (χ2n) is 11.3. The number of benzene rings is 1. The predicted octanol–water partition coefficient (Wildman–Crippen LogP) is 10.8. The number of nitrogens with zero attached hydrogens (tertiary/aromatic N) is 1. The van der Waals surface area contributed by atoms with Crippen molar-refractivity contribution in [3.8, 4) is 17.0 Å². The highest BCUT2D eigenvalue weighted by Crippen LogP contribution is 2.32. The molecule has 2 heteroatoms. The van der Waals surface area contributed by atoms with Crippen molar-refractivity contribution < 1.29 is 4.74 Å². The summed E-state index contributed by atoms with van der Waals surface area (Å²) < 4.78 is 5.98. The lowest BCUT2D eigenvalue weighted by Crippen LogP contribution is -2.13. The molecule has 37 heavy (non-hydrogen) atoms. The minimum Gasteiger partial charge on any atom is -0.490 e. The van der Waals surface area contributed by atoms with Gasteiger partial charge in [0, 0.05) is 11.8 Å². The van der Waals surface area contributed by atoms with Crippen LogP contribution in [-0.2, 0) is 6.42 Å². The molecule has 0 spiro atoms. The van der Waals surface area contributed by atoms with Gasteiger partial charge in [0.2, 0.25) is 0 Å². The van der Waals surface area contributed by atoms with Gasteiger partial charge in [-0.05, 0) is 86.3 Å². The molecule has 0 amide bonds. The average molecular weight is 504 g/mol. The maximum atomic E-state index is 5.98. The molecule has 1 aliphatic carbocycles. The first-order valence-corrected chi connectivity index (χ1v) is 15.6. The van der Waals surface area contributed by atoms with Crippen molar-refractivity contribution in [1.82, 2.24) is 4.98 Å². The SMILES string of the molecule is CCCCCCCCCCc1ccc(-c2ccc(OCC=C[C@H]3CC[C@H](CCCCC)CC3)cc2)nc1. The van der Waals surface area contributed by atoms with Gasteiger partial charge >= 0.3 is 0 Å². The van der Waals surface area contributed by atoms with E-state index in [0.717, 1.165) is 35.3 Å². The number of hydrogen-bond acceptors (Lipinski definition) is 2. The van der Waals surface area contributed by atoms with Gasteiger partial charge in [0.1, 0.15) is 12.4 Å². The second kappa shape index (κ2) is 18.2. The van der Waals surface area contributed by atoms with E-state index in [4.69, 9.17) is 9.72 Å². The van der Waals surface area contributed by atoms with Crippen LogP contribution in [0.15, 0.2) is 54.7 Å². The van der Waals surface area contributed by atoms with Gasteiger partial charge in [-0.3, -0.25) is 4.98 Å². The van der Waals surface area contributed by atoms with E-state index in [1.807, 2.05) is 0 Å². The lowest BCUT2D eigenvalue weighted by molar-refractivity contribution is 0.288. The van der Waals surface area contributed by atoms with Gasteiger partial charge in [0.25, 0.3) is 0 Å². The summed E-state index contributed by atoms with van der Waals surface area (Å²) >= 11 is 0. The Kier molecular flexibility index (Phi) is 14.5. The van der Waals surface area contributed by atoms with Crippen LogP contribution in [0.2, 0.25) is 0 Å². The van der Waals surface area contributed by atoms with E-state index >= 15 is 0 Å². The third-order valence-electron chi connectivity index (χ3n) is 8.16. The minimum absolute atomic E-state index is 0.654. The molecule has 1 aromatic carbocycles. The summed E-state index contributed by atoms with van der Waals surface area (Å²) in [6, 6.07) is 12.8. The molecular weight excluding hydrogens is 450 g/mol. The Morgan fingerprint density at radius 1 is 0.757 bits per heavy atom. The van der Waals surface area contributed by atoms with Gasteiger partial charge in [0.15, 0.2) is 0 Å². The van der Waals surface area contributed by atoms with Crippen molar-refractivity contribution in [3.63, 3.8) is 0 Å². The highest BCUT2D eigenvalue weighted by atomic mass is 16.5. The van der Waals surface area contributed by atoms with Crippen molar-refractivity contribution in [2.45, 2.75) is 123 Å². The molecule has 0 aliphatic heterocycles. The Morgan fingerprint density at radius 2 is 1.43 bits per heavy atom. The standard InChI is InChI=1S/C35H53NO/c1-3-5-7-8-9-10-11-13-16-32-22-27-35(36-29-32)33-23-25-34(26-24-33)37-28-14-17-31-20-18-30(19-21-31)15-12-6-4-2/h14,17,22-27,29-31H,3-13,15-16,18-21,28H2,1-2H3/t30-,31-. The molecule has 2 nitrogen and oxygen atoms in total. The number of allylic oxidation sites excluding steroid dienone is 1. The molecule has 1 heterocycles. The summed E-state index contributed by atoms with van der Waals surface area (Å²) in [5.41, 5.74) is 3.54. The lowest BCUT2D eigenvalue weighted by atomic mass is 9.79. The van der Waals surface area contributed by atoms with Gasteiger partial charge in [-0.2, -0.15) is 0 Å². The topological polar surface area (TPSA) is 22.1 Å². The third kappa shape index (κ3) is 11.9. The zero-order valence-corrected chi connectivity index (χ0v) is 23.9. The van der Waals surface area contributed by atoms with E-state index in [1.54, 1.807) is 0 Å². The first-order valence-electron chi connectivity index (χ1n) is 15.6. The van der Waals surface area contributed by atoms with Crippen LogP contribution in [-0.4, -0.2) is 11.6 Å². The minimum atomic E-state index is 0.654. The molecule has 204 valence electrons. The summed E-state index contributed by atoms with van der Waals surface area (Å²) in [6.45, 7) is 5.23. The van der Waals surface area contributed by atoms with E-state index in [0.29, 0.717) is 6.61 Å². The first-order chi connectivity index (χ1) is 18.3. The summed E-state index contributed by atoms with van der Waals surface area (Å²) in [6.07, 6.45) is 29.9. The largest absolute Gasteiger partial charge is 0.490 e. The van der Waals surface area contributed by atoms with Crippen LogP contribution in [0.5, 0.6) is 5.75 Å². The fraction of sp³-hybridized carbons (Fsp3) is 0.629. The molecule has 0 radical (unpaired) electrons. The van der Waals surface area contributed by atoms with Gasteiger partial charge in [-0.25, -0.2) is 0 Å². The lowest BCUT2D eigenvalue weighted by Gasteiger charge is -2.26.